The molecule has 6 nitrogen and oxygen atoms in total. The fourth-order valence-electron chi connectivity index (χ4n) is 4.17. The predicted molar refractivity (Wildman–Crippen MR) is 110 cm³/mol. The minimum absolute atomic E-state index is 0.0664. The highest BCUT2D eigenvalue weighted by Crippen LogP contribution is 2.27. The molecule has 1 N–H and O–H groups in total. The standard InChI is InChI=1S/C22H27N5O/c1-15-6-5-7-18(12-15)27-16(2)13-19(17(27)3)22(28)26-11-8-23-14-20(26)21-24-9-10-25(21)4/h5-7,9-10,12-13,20,23H,8,11,14H2,1-4H3. The Morgan fingerprint density at radius 2 is 2.04 bits per heavy atom. The molecule has 1 aliphatic heterocycles. The lowest BCUT2D eigenvalue weighted by molar-refractivity contribution is 0.0620. The zero-order chi connectivity index (χ0) is 19.8. The van der Waals surface area contributed by atoms with Crippen LogP contribution in [0.15, 0.2) is 42.7 Å². The number of carbonyl (C=O) groups is 1. The third-order valence-electron chi connectivity index (χ3n) is 5.58. The van der Waals surface area contributed by atoms with Crippen LogP contribution in [0.25, 0.3) is 5.69 Å². The van der Waals surface area contributed by atoms with Gasteiger partial charge in [0.1, 0.15) is 11.9 Å². The van der Waals surface area contributed by atoms with E-state index in [0.29, 0.717) is 13.1 Å². The Morgan fingerprint density at radius 1 is 1.21 bits per heavy atom. The summed E-state index contributed by atoms with van der Waals surface area (Å²) < 4.78 is 4.16. The molecule has 1 atom stereocenters. The van der Waals surface area contributed by atoms with E-state index in [0.717, 1.165) is 35.0 Å². The summed E-state index contributed by atoms with van der Waals surface area (Å²) in [5.41, 5.74) is 5.10. The van der Waals surface area contributed by atoms with Crippen molar-refractivity contribution in [3.63, 3.8) is 0 Å². The van der Waals surface area contributed by atoms with Crippen LogP contribution in [0, 0.1) is 20.8 Å². The summed E-state index contributed by atoms with van der Waals surface area (Å²) in [4.78, 5) is 20.0. The Bertz CT molecular complexity index is 1020. The maximum absolute atomic E-state index is 13.5. The second kappa shape index (κ2) is 7.28. The van der Waals surface area contributed by atoms with Gasteiger partial charge in [-0.25, -0.2) is 4.98 Å². The van der Waals surface area contributed by atoms with Gasteiger partial charge in [-0.15, -0.1) is 0 Å². The molecule has 2 aromatic heterocycles. The third-order valence-corrected chi connectivity index (χ3v) is 5.58. The third kappa shape index (κ3) is 3.14. The lowest BCUT2D eigenvalue weighted by Crippen LogP contribution is -2.49. The van der Waals surface area contributed by atoms with E-state index < -0.39 is 0 Å². The van der Waals surface area contributed by atoms with E-state index in [9.17, 15) is 4.79 Å². The molecule has 0 spiro atoms. The molecule has 1 fully saturated rings. The van der Waals surface area contributed by atoms with Gasteiger partial charge in [-0.05, 0) is 44.5 Å². The minimum Gasteiger partial charge on any atom is -0.336 e. The van der Waals surface area contributed by atoms with Gasteiger partial charge in [-0.2, -0.15) is 0 Å². The average molecular weight is 377 g/mol. The second-order valence-corrected chi connectivity index (χ2v) is 7.57. The van der Waals surface area contributed by atoms with E-state index in [1.165, 1.54) is 5.56 Å². The maximum atomic E-state index is 13.5. The van der Waals surface area contributed by atoms with Crippen LogP contribution in [-0.2, 0) is 7.05 Å². The summed E-state index contributed by atoms with van der Waals surface area (Å²) in [6.45, 7) is 8.35. The number of nitrogens with one attached hydrogen (secondary N) is 1. The molecule has 3 heterocycles. The van der Waals surface area contributed by atoms with E-state index in [1.54, 1.807) is 6.20 Å². The van der Waals surface area contributed by atoms with Gasteiger partial charge in [0, 0.05) is 56.2 Å². The molecule has 6 heteroatoms. The molecule has 28 heavy (non-hydrogen) atoms. The minimum atomic E-state index is -0.0664. The van der Waals surface area contributed by atoms with Gasteiger partial charge in [-0.1, -0.05) is 12.1 Å². The van der Waals surface area contributed by atoms with Crippen LogP contribution >= 0.6 is 0 Å². The van der Waals surface area contributed by atoms with Gasteiger partial charge >= 0.3 is 0 Å². The van der Waals surface area contributed by atoms with Crippen molar-refractivity contribution < 1.29 is 4.79 Å². The quantitative estimate of drug-likeness (QED) is 0.764. The number of hydrogen-bond acceptors (Lipinski definition) is 3. The van der Waals surface area contributed by atoms with Crippen molar-refractivity contribution in [1.29, 1.82) is 0 Å². The number of amides is 1. The number of piperazine rings is 1. The Morgan fingerprint density at radius 3 is 2.75 bits per heavy atom. The fraction of sp³-hybridized carbons (Fsp3) is 0.364. The van der Waals surface area contributed by atoms with E-state index in [2.05, 4.69) is 53.0 Å². The van der Waals surface area contributed by atoms with Crippen molar-refractivity contribution in [2.24, 2.45) is 7.05 Å². The predicted octanol–water partition coefficient (Wildman–Crippen LogP) is 2.92. The summed E-state index contributed by atoms with van der Waals surface area (Å²) in [6.07, 6.45) is 3.71. The normalized spacial score (nSPS) is 17.1. The van der Waals surface area contributed by atoms with Gasteiger partial charge in [0.15, 0.2) is 0 Å². The van der Waals surface area contributed by atoms with Crippen LogP contribution in [0.4, 0.5) is 0 Å². The van der Waals surface area contributed by atoms with Crippen molar-refractivity contribution >= 4 is 5.91 Å². The number of carbonyl (C=O) groups excluding carboxylic acids is 1. The Balaban J connectivity index is 1.72. The molecule has 0 saturated carbocycles. The van der Waals surface area contributed by atoms with Gasteiger partial charge in [0.2, 0.25) is 0 Å². The van der Waals surface area contributed by atoms with Crippen LogP contribution in [0.1, 0.15) is 39.2 Å². The molecule has 3 aromatic rings. The van der Waals surface area contributed by atoms with Crippen molar-refractivity contribution in [3.05, 3.63) is 71.1 Å². The molecule has 1 saturated heterocycles. The lowest BCUT2D eigenvalue weighted by atomic mass is 10.1. The number of aromatic nitrogens is 3. The first-order chi connectivity index (χ1) is 13.5. The zero-order valence-electron chi connectivity index (χ0n) is 16.9. The molecule has 1 aromatic carbocycles. The van der Waals surface area contributed by atoms with Crippen molar-refractivity contribution in [2.45, 2.75) is 26.8 Å². The molecule has 146 valence electrons. The number of hydrogen-bond donors (Lipinski definition) is 1. The van der Waals surface area contributed by atoms with Crippen LogP contribution in [0.2, 0.25) is 0 Å². The van der Waals surface area contributed by atoms with Gasteiger partial charge in [0.25, 0.3) is 5.91 Å². The topological polar surface area (TPSA) is 55.1 Å². The summed E-state index contributed by atoms with van der Waals surface area (Å²) in [7, 11) is 1.98. The maximum Gasteiger partial charge on any atom is 0.256 e. The van der Waals surface area contributed by atoms with Crippen molar-refractivity contribution in [3.8, 4) is 5.69 Å². The lowest BCUT2D eigenvalue weighted by Gasteiger charge is -2.35. The Hall–Kier alpha value is -2.86. The number of imidazole rings is 1. The first-order valence-corrected chi connectivity index (χ1v) is 9.72. The molecule has 1 amide bonds. The highest BCUT2D eigenvalue weighted by Gasteiger charge is 2.32. The summed E-state index contributed by atoms with van der Waals surface area (Å²) in [5, 5.41) is 3.40. The first-order valence-electron chi connectivity index (χ1n) is 9.72. The molecule has 1 aliphatic rings. The molecule has 0 bridgehead atoms. The van der Waals surface area contributed by atoms with Crippen molar-refractivity contribution in [2.75, 3.05) is 19.6 Å². The van der Waals surface area contributed by atoms with Gasteiger partial charge < -0.3 is 19.4 Å². The van der Waals surface area contributed by atoms with E-state index in [1.807, 2.05) is 35.7 Å². The van der Waals surface area contributed by atoms with Crippen LogP contribution in [0.5, 0.6) is 0 Å². The summed E-state index contributed by atoms with van der Waals surface area (Å²) in [5.74, 6) is 0.981. The summed E-state index contributed by atoms with van der Waals surface area (Å²) in [6, 6.07) is 10.3. The summed E-state index contributed by atoms with van der Waals surface area (Å²) >= 11 is 0. The van der Waals surface area contributed by atoms with E-state index in [-0.39, 0.29) is 11.9 Å². The molecule has 1 unspecified atom stereocenters. The number of aryl methyl sites for hydroxylation is 3. The van der Waals surface area contributed by atoms with Gasteiger partial charge in [0.05, 0.1) is 5.56 Å². The van der Waals surface area contributed by atoms with Crippen LogP contribution < -0.4 is 5.32 Å². The highest BCUT2D eigenvalue weighted by atomic mass is 16.2. The fourth-order valence-corrected chi connectivity index (χ4v) is 4.17. The van der Waals surface area contributed by atoms with Crippen LogP contribution in [-0.4, -0.2) is 44.6 Å². The Kier molecular flexibility index (Phi) is 4.81. The first kappa shape index (κ1) is 18.5. The monoisotopic (exact) mass is 377 g/mol. The largest absolute Gasteiger partial charge is 0.336 e. The molecule has 0 aliphatic carbocycles. The highest BCUT2D eigenvalue weighted by molar-refractivity contribution is 5.96. The molecular formula is C22H27N5O. The van der Waals surface area contributed by atoms with E-state index >= 15 is 0 Å². The number of rotatable bonds is 3. The Labute approximate surface area is 165 Å². The number of nitrogens with zero attached hydrogens (tertiary/aromatic N) is 4. The molecular weight excluding hydrogens is 350 g/mol. The smallest absolute Gasteiger partial charge is 0.256 e. The van der Waals surface area contributed by atoms with Crippen molar-refractivity contribution in [1.82, 2.24) is 24.3 Å². The van der Waals surface area contributed by atoms with E-state index in [4.69, 9.17) is 0 Å². The number of benzene rings is 1. The van der Waals surface area contributed by atoms with Crippen LogP contribution in [0.3, 0.4) is 0 Å². The molecule has 4 rings (SSSR count). The van der Waals surface area contributed by atoms with Gasteiger partial charge in [-0.3, -0.25) is 4.79 Å². The average Bonchev–Trinajstić information content (AvgIpc) is 3.23. The molecule has 0 radical (unpaired) electrons. The zero-order valence-corrected chi connectivity index (χ0v) is 16.9. The SMILES string of the molecule is Cc1cccc(-n2c(C)cc(C(=O)N3CCNCC3c3nccn3C)c2C)c1. The second-order valence-electron chi connectivity index (χ2n) is 7.57.